The minimum atomic E-state index is -0.286. The summed E-state index contributed by atoms with van der Waals surface area (Å²) in [5.41, 5.74) is 4.54. The van der Waals surface area contributed by atoms with Gasteiger partial charge in [-0.1, -0.05) is 23.7 Å². The Labute approximate surface area is 125 Å². The summed E-state index contributed by atoms with van der Waals surface area (Å²) in [5, 5.41) is 4.58. The van der Waals surface area contributed by atoms with Crippen molar-refractivity contribution in [1.82, 2.24) is 14.8 Å². The van der Waals surface area contributed by atoms with Gasteiger partial charge in [0.1, 0.15) is 5.65 Å². The van der Waals surface area contributed by atoms with Gasteiger partial charge in [-0.3, -0.25) is 4.79 Å². The predicted octanol–water partition coefficient (Wildman–Crippen LogP) is 2.75. The number of benzene rings is 1. The van der Waals surface area contributed by atoms with Crippen LogP contribution in [0.2, 0.25) is 5.02 Å². The molecule has 0 saturated carbocycles. The maximum atomic E-state index is 12.0. The smallest absolute Gasteiger partial charge is 0.271 e. The van der Waals surface area contributed by atoms with Crippen LogP contribution >= 0.6 is 11.6 Å². The van der Waals surface area contributed by atoms with Crippen molar-refractivity contribution in [2.45, 2.75) is 0 Å². The lowest BCUT2D eigenvalue weighted by Crippen LogP contribution is -2.17. The van der Waals surface area contributed by atoms with E-state index in [1.165, 1.54) is 0 Å². The van der Waals surface area contributed by atoms with E-state index >= 15 is 0 Å². The number of fused-ring (bicyclic) bond motifs is 1. The molecule has 104 valence electrons. The lowest BCUT2D eigenvalue weighted by Gasteiger charge is -2.00. The molecule has 5 nitrogen and oxygen atoms in total. The van der Waals surface area contributed by atoms with Crippen molar-refractivity contribution in [3.63, 3.8) is 0 Å². The van der Waals surface area contributed by atoms with E-state index in [0.29, 0.717) is 16.2 Å². The van der Waals surface area contributed by atoms with Crippen LogP contribution < -0.4 is 5.43 Å². The van der Waals surface area contributed by atoms with Crippen LogP contribution in [0.1, 0.15) is 15.9 Å². The molecule has 0 unspecified atom stereocenters. The highest BCUT2D eigenvalue weighted by Crippen LogP contribution is 2.08. The van der Waals surface area contributed by atoms with Crippen LogP contribution in [0.5, 0.6) is 0 Å². The second-order valence-electron chi connectivity index (χ2n) is 4.36. The molecule has 2 aromatic heterocycles. The number of hydrogen-bond acceptors (Lipinski definition) is 3. The quantitative estimate of drug-likeness (QED) is 0.597. The monoisotopic (exact) mass is 298 g/mol. The first-order valence-corrected chi connectivity index (χ1v) is 6.62. The van der Waals surface area contributed by atoms with Crippen LogP contribution in [0, 0.1) is 0 Å². The van der Waals surface area contributed by atoms with E-state index in [1.807, 2.05) is 22.7 Å². The summed E-state index contributed by atoms with van der Waals surface area (Å²) in [5.74, 6) is -0.286. The summed E-state index contributed by atoms with van der Waals surface area (Å²) in [7, 11) is 0. The number of carbonyl (C=O) groups is 1. The Hall–Kier alpha value is -2.66. The number of aromatic nitrogens is 2. The molecule has 3 aromatic rings. The van der Waals surface area contributed by atoms with Gasteiger partial charge >= 0.3 is 0 Å². The number of amides is 1. The summed E-state index contributed by atoms with van der Waals surface area (Å²) in [6.45, 7) is 0. The van der Waals surface area contributed by atoms with Crippen LogP contribution in [0.4, 0.5) is 0 Å². The molecule has 1 aromatic carbocycles. The van der Waals surface area contributed by atoms with Crippen molar-refractivity contribution in [3.8, 4) is 0 Å². The van der Waals surface area contributed by atoms with Crippen molar-refractivity contribution in [2.75, 3.05) is 0 Å². The maximum absolute atomic E-state index is 12.0. The number of imidazole rings is 1. The van der Waals surface area contributed by atoms with Crippen LogP contribution in [-0.4, -0.2) is 21.5 Å². The first-order valence-electron chi connectivity index (χ1n) is 6.24. The summed E-state index contributed by atoms with van der Waals surface area (Å²) >= 11 is 5.79. The summed E-state index contributed by atoms with van der Waals surface area (Å²) in [6.07, 6.45) is 6.83. The number of rotatable bonds is 3. The Morgan fingerprint density at radius 3 is 2.86 bits per heavy atom. The molecule has 2 heterocycles. The molecular weight excluding hydrogens is 288 g/mol. The van der Waals surface area contributed by atoms with Crippen LogP contribution in [-0.2, 0) is 0 Å². The van der Waals surface area contributed by atoms with E-state index in [-0.39, 0.29) is 5.91 Å². The molecule has 3 rings (SSSR count). The fraction of sp³-hybridized carbons (Fsp3) is 0. The van der Waals surface area contributed by atoms with Crippen molar-refractivity contribution < 1.29 is 4.79 Å². The molecule has 0 aliphatic heterocycles. The molecule has 6 heteroatoms. The normalized spacial score (nSPS) is 11.1. The summed E-state index contributed by atoms with van der Waals surface area (Å²) < 4.78 is 1.83. The van der Waals surface area contributed by atoms with Gasteiger partial charge in [-0.2, -0.15) is 5.10 Å². The van der Waals surface area contributed by atoms with Gasteiger partial charge in [-0.25, -0.2) is 10.4 Å². The number of hydrazone groups is 1. The molecule has 0 saturated heterocycles. The van der Waals surface area contributed by atoms with Crippen molar-refractivity contribution in [1.29, 1.82) is 0 Å². The number of carbonyl (C=O) groups excluding carboxylic acids is 1. The van der Waals surface area contributed by atoms with E-state index in [1.54, 1.807) is 42.9 Å². The lowest BCUT2D eigenvalue weighted by atomic mass is 10.2. The Balaban J connectivity index is 1.69. The largest absolute Gasteiger partial charge is 0.307 e. The molecule has 21 heavy (non-hydrogen) atoms. The van der Waals surface area contributed by atoms with E-state index in [0.717, 1.165) is 5.56 Å². The fourth-order valence-electron chi connectivity index (χ4n) is 1.83. The average molecular weight is 299 g/mol. The van der Waals surface area contributed by atoms with E-state index in [9.17, 15) is 4.79 Å². The predicted molar refractivity (Wildman–Crippen MR) is 81.7 cm³/mol. The minimum absolute atomic E-state index is 0.286. The molecule has 0 spiro atoms. The van der Waals surface area contributed by atoms with E-state index in [2.05, 4.69) is 15.5 Å². The van der Waals surface area contributed by atoms with Crippen molar-refractivity contribution >= 4 is 29.4 Å². The van der Waals surface area contributed by atoms with Crippen molar-refractivity contribution in [2.24, 2.45) is 5.10 Å². The number of nitrogens with zero attached hydrogens (tertiary/aromatic N) is 3. The zero-order valence-corrected chi connectivity index (χ0v) is 11.7. The zero-order valence-electron chi connectivity index (χ0n) is 10.9. The number of pyridine rings is 1. The van der Waals surface area contributed by atoms with Gasteiger partial charge in [0.2, 0.25) is 0 Å². The highest BCUT2D eigenvalue weighted by Gasteiger charge is 2.05. The SMILES string of the molecule is O=C(N/N=C/c1ccc(Cl)cc1)c1ccn2ccnc2c1. The average Bonchev–Trinajstić information content (AvgIpc) is 2.96. The van der Waals surface area contributed by atoms with Gasteiger partial charge < -0.3 is 4.40 Å². The molecule has 1 N–H and O–H groups in total. The number of nitrogens with one attached hydrogen (secondary N) is 1. The standard InChI is InChI=1S/C15H11ClN4O/c16-13-3-1-11(2-4-13)10-18-19-15(21)12-5-7-20-8-6-17-14(20)9-12/h1-10H,(H,19,21)/b18-10+. The highest BCUT2D eigenvalue weighted by atomic mass is 35.5. The Bertz CT molecular complexity index is 808. The third-order valence-electron chi connectivity index (χ3n) is 2.91. The van der Waals surface area contributed by atoms with Crippen LogP contribution in [0.3, 0.4) is 0 Å². The summed E-state index contributed by atoms with van der Waals surface area (Å²) in [4.78, 5) is 16.1. The fourth-order valence-corrected chi connectivity index (χ4v) is 1.96. The molecule has 0 bridgehead atoms. The molecular formula is C15H11ClN4O. The maximum Gasteiger partial charge on any atom is 0.271 e. The second-order valence-corrected chi connectivity index (χ2v) is 4.80. The van der Waals surface area contributed by atoms with Gasteiger partial charge in [0.15, 0.2) is 0 Å². The topological polar surface area (TPSA) is 58.8 Å². The molecule has 0 aliphatic rings. The Morgan fingerprint density at radius 2 is 2.05 bits per heavy atom. The number of hydrogen-bond donors (Lipinski definition) is 1. The molecule has 1 amide bonds. The third kappa shape index (κ3) is 3.09. The van der Waals surface area contributed by atoms with Crippen LogP contribution in [0.25, 0.3) is 5.65 Å². The molecule has 0 atom stereocenters. The number of halogens is 1. The van der Waals surface area contributed by atoms with Gasteiger partial charge in [0.05, 0.1) is 6.21 Å². The third-order valence-corrected chi connectivity index (χ3v) is 3.16. The van der Waals surface area contributed by atoms with Gasteiger partial charge in [0.25, 0.3) is 5.91 Å². The molecule has 0 aliphatic carbocycles. The molecule has 0 fully saturated rings. The first kappa shape index (κ1) is 13.3. The lowest BCUT2D eigenvalue weighted by molar-refractivity contribution is 0.0955. The molecule has 0 radical (unpaired) electrons. The van der Waals surface area contributed by atoms with Gasteiger partial charge in [0, 0.05) is 29.2 Å². The van der Waals surface area contributed by atoms with Crippen LogP contribution in [0.15, 0.2) is 60.1 Å². The highest BCUT2D eigenvalue weighted by molar-refractivity contribution is 6.30. The summed E-state index contributed by atoms with van der Waals surface area (Å²) in [6, 6.07) is 10.6. The van der Waals surface area contributed by atoms with E-state index in [4.69, 9.17) is 11.6 Å². The Morgan fingerprint density at radius 1 is 1.24 bits per heavy atom. The zero-order chi connectivity index (χ0) is 14.7. The second kappa shape index (κ2) is 5.76. The van der Waals surface area contributed by atoms with Crippen molar-refractivity contribution in [3.05, 3.63) is 71.1 Å². The first-order chi connectivity index (χ1) is 10.2. The van der Waals surface area contributed by atoms with Gasteiger partial charge in [-0.05, 0) is 29.8 Å². The Kier molecular flexibility index (Phi) is 3.66. The van der Waals surface area contributed by atoms with E-state index < -0.39 is 0 Å². The van der Waals surface area contributed by atoms with Gasteiger partial charge in [-0.15, -0.1) is 0 Å². The minimum Gasteiger partial charge on any atom is -0.307 e.